The number of unbranched alkanes of at least 4 members (excludes halogenated alkanes) is 2. The van der Waals surface area contributed by atoms with E-state index in [0.717, 1.165) is 11.8 Å². The van der Waals surface area contributed by atoms with Crippen LogP contribution in [-0.2, 0) is 0 Å². The van der Waals surface area contributed by atoms with Gasteiger partial charge in [-0.05, 0) is 37.8 Å². The lowest BCUT2D eigenvalue weighted by Gasteiger charge is -2.17. The van der Waals surface area contributed by atoms with Crippen LogP contribution in [0.2, 0.25) is 0 Å². The highest BCUT2D eigenvalue weighted by atomic mass is 15.2. The molecule has 0 spiro atoms. The van der Waals surface area contributed by atoms with Gasteiger partial charge in [-0.3, -0.25) is 0 Å². The molecule has 16 heavy (non-hydrogen) atoms. The number of hydrogen-bond acceptors (Lipinski definition) is 2. The molecule has 0 aliphatic carbocycles. The van der Waals surface area contributed by atoms with Crippen LogP contribution in [0.4, 0.5) is 0 Å². The first-order chi connectivity index (χ1) is 7.74. The van der Waals surface area contributed by atoms with Crippen molar-refractivity contribution in [3.8, 4) is 0 Å². The fraction of sp³-hybridized carbons (Fsp3) is 1.00. The van der Waals surface area contributed by atoms with Gasteiger partial charge in [-0.25, -0.2) is 0 Å². The van der Waals surface area contributed by atoms with Gasteiger partial charge in [0.15, 0.2) is 0 Å². The molecule has 1 saturated heterocycles. The van der Waals surface area contributed by atoms with Gasteiger partial charge in [0.2, 0.25) is 0 Å². The molecule has 1 unspecified atom stereocenters. The summed E-state index contributed by atoms with van der Waals surface area (Å²) in [5.74, 6) is 1.81. The molecule has 0 bridgehead atoms. The van der Waals surface area contributed by atoms with Crippen LogP contribution in [0.25, 0.3) is 0 Å². The number of nitrogens with zero attached hydrogens (tertiary/aromatic N) is 1. The van der Waals surface area contributed by atoms with E-state index >= 15 is 0 Å². The van der Waals surface area contributed by atoms with E-state index < -0.39 is 0 Å². The summed E-state index contributed by atoms with van der Waals surface area (Å²) in [6, 6.07) is 0. The van der Waals surface area contributed by atoms with Gasteiger partial charge in [0.1, 0.15) is 0 Å². The number of likely N-dealkylation sites (tertiary alicyclic amines) is 1. The highest BCUT2D eigenvalue weighted by Gasteiger charge is 2.23. The van der Waals surface area contributed by atoms with Gasteiger partial charge in [0.05, 0.1) is 0 Å². The van der Waals surface area contributed by atoms with Crippen LogP contribution in [0.15, 0.2) is 0 Å². The zero-order chi connectivity index (χ0) is 11.8. The summed E-state index contributed by atoms with van der Waals surface area (Å²) in [5.41, 5.74) is 0. The maximum atomic E-state index is 3.55. The SMILES string of the molecule is CCCCCNCCN1CCC(C(C)C)C1. The van der Waals surface area contributed by atoms with E-state index in [0.29, 0.717) is 0 Å². The first-order valence-corrected chi connectivity index (χ1v) is 7.17. The summed E-state index contributed by atoms with van der Waals surface area (Å²) in [5, 5.41) is 3.55. The second-order valence-corrected chi connectivity index (χ2v) is 5.55. The quantitative estimate of drug-likeness (QED) is 0.640. The summed E-state index contributed by atoms with van der Waals surface area (Å²) < 4.78 is 0. The Labute approximate surface area is 102 Å². The lowest BCUT2D eigenvalue weighted by atomic mass is 9.95. The highest BCUT2D eigenvalue weighted by Crippen LogP contribution is 2.22. The van der Waals surface area contributed by atoms with Gasteiger partial charge in [0.25, 0.3) is 0 Å². The molecular formula is C14H30N2. The first kappa shape index (κ1) is 14.0. The lowest BCUT2D eigenvalue weighted by molar-refractivity contribution is 0.302. The van der Waals surface area contributed by atoms with Crippen molar-refractivity contribution in [2.75, 3.05) is 32.7 Å². The minimum absolute atomic E-state index is 0.863. The molecule has 0 aromatic heterocycles. The van der Waals surface area contributed by atoms with Crippen molar-refractivity contribution in [3.63, 3.8) is 0 Å². The third-order valence-corrected chi connectivity index (χ3v) is 3.81. The van der Waals surface area contributed by atoms with Gasteiger partial charge >= 0.3 is 0 Å². The Hall–Kier alpha value is -0.0800. The summed E-state index contributed by atoms with van der Waals surface area (Å²) in [4.78, 5) is 2.62. The Morgan fingerprint density at radius 2 is 2.06 bits per heavy atom. The Kier molecular flexibility index (Phi) is 7.06. The lowest BCUT2D eigenvalue weighted by Crippen LogP contribution is -2.31. The predicted molar refractivity (Wildman–Crippen MR) is 71.8 cm³/mol. The summed E-state index contributed by atoms with van der Waals surface area (Å²) in [6.07, 6.45) is 5.44. The molecule has 0 radical (unpaired) electrons. The molecule has 1 aliphatic heterocycles. The third-order valence-electron chi connectivity index (χ3n) is 3.81. The van der Waals surface area contributed by atoms with Crippen molar-refractivity contribution in [3.05, 3.63) is 0 Å². The van der Waals surface area contributed by atoms with Gasteiger partial charge in [0, 0.05) is 19.6 Å². The van der Waals surface area contributed by atoms with Crippen molar-refractivity contribution in [1.29, 1.82) is 0 Å². The van der Waals surface area contributed by atoms with E-state index in [-0.39, 0.29) is 0 Å². The van der Waals surface area contributed by atoms with Crippen LogP contribution in [0.1, 0.15) is 46.5 Å². The van der Waals surface area contributed by atoms with Crippen LogP contribution in [0, 0.1) is 11.8 Å². The second-order valence-electron chi connectivity index (χ2n) is 5.55. The van der Waals surface area contributed by atoms with Crippen LogP contribution in [0.5, 0.6) is 0 Å². The molecule has 2 heteroatoms. The van der Waals surface area contributed by atoms with Crippen molar-refractivity contribution in [2.24, 2.45) is 11.8 Å². The zero-order valence-electron chi connectivity index (χ0n) is 11.5. The van der Waals surface area contributed by atoms with E-state index in [1.807, 2.05) is 0 Å². The average Bonchev–Trinajstić information content (AvgIpc) is 2.72. The molecule has 0 saturated carbocycles. The standard InChI is InChI=1S/C14H30N2/c1-4-5-6-8-15-9-11-16-10-7-14(12-16)13(2)3/h13-15H,4-12H2,1-3H3. The molecule has 2 nitrogen and oxygen atoms in total. The molecule has 0 aromatic rings. The van der Waals surface area contributed by atoms with E-state index in [1.165, 1.54) is 58.4 Å². The normalized spacial score (nSPS) is 22.1. The minimum atomic E-state index is 0.863. The number of hydrogen-bond donors (Lipinski definition) is 1. The highest BCUT2D eigenvalue weighted by molar-refractivity contribution is 4.77. The van der Waals surface area contributed by atoms with Crippen LogP contribution in [0.3, 0.4) is 0 Å². The average molecular weight is 226 g/mol. The van der Waals surface area contributed by atoms with Gasteiger partial charge in [-0.15, -0.1) is 0 Å². The Morgan fingerprint density at radius 3 is 2.69 bits per heavy atom. The molecule has 1 aliphatic rings. The summed E-state index contributed by atoms with van der Waals surface area (Å²) >= 11 is 0. The molecule has 0 amide bonds. The number of nitrogens with one attached hydrogen (secondary N) is 1. The van der Waals surface area contributed by atoms with Crippen molar-refractivity contribution in [2.45, 2.75) is 46.5 Å². The maximum Gasteiger partial charge on any atom is 0.0107 e. The van der Waals surface area contributed by atoms with E-state index in [2.05, 4.69) is 31.0 Å². The predicted octanol–water partition coefficient (Wildman–Crippen LogP) is 2.74. The first-order valence-electron chi connectivity index (χ1n) is 7.17. The maximum absolute atomic E-state index is 3.55. The largest absolute Gasteiger partial charge is 0.315 e. The topological polar surface area (TPSA) is 15.3 Å². The van der Waals surface area contributed by atoms with Gasteiger partial charge in [-0.2, -0.15) is 0 Å². The molecular weight excluding hydrogens is 196 g/mol. The zero-order valence-corrected chi connectivity index (χ0v) is 11.5. The molecule has 0 aromatic carbocycles. The van der Waals surface area contributed by atoms with Crippen molar-refractivity contribution >= 4 is 0 Å². The fourth-order valence-electron chi connectivity index (χ4n) is 2.47. The van der Waals surface area contributed by atoms with Gasteiger partial charge in [-0.1, -0.05) is 33.6 Å². The minimum Gasteiger partial charge on any atom is -0.315 e. The second kappa shape index (κ2) is 8.08. The fourth-order valence-corrected chi connectivity index (χ4v) is 2.47. The van der Waals surface area contributed by atoms with E-state index in [1.54, 1.807) is 0 Å². The summed E-state index contributed by atoms with van der Waals surface area (Å²) in [7, 11) is 0. The third kappa shape index (κ3) is 5.31. The van der Waals surface area contributed by atoms with Gasteiger partial charge < -0.3 is 10.2 Å². The Balaban J connectivity index is 1.94. The molecule has 1 heterocycles. The molecule has 1 rings (SSSR count). The molecule has 1 fully saturated rings. The van der Waals surface area contributed by atoms with Crippen LogP contribution < -0.4 is 5.32 Å². The molecule has 1 N–H and O–H groups in total. The number of rotatable bonds is 8. The van der Waals surface area contributed by atoms with E-state index in [4.69, 9.17) is 0 Å². The van der Waals surface area contributed by atoms with Crippen LogP contribution >= 0.6 is 0 Å². The van der Waals surface area contributed by atoms with Crippen LogP contribution in [-0.4, -0.2) is 37.6 Å². The molecule has 1 atom stereocenters. The Bertz CT molecular complexity index is 168. The Morgan fingerprint density at radius 1 is 1.25 bits per heavy atom. The summed E-state index contributed by atoms with van der Waals surface area (Å²) in [6.45, 7) is 13.2. The smallest absolute Gasteiger partial charge is 0.0107 e. The van der Waals surface area contributed by atoms with Crippen molar-refractivity contribution in [1.82, 2.24) is 10.2 Å². The monoisotopic (exact) mass is 226 g/mol. The van der Waals surface area contributed by atoms with E-state index in [9.17, 15) is 0 Å². The molecule has 96 valence electrons. The van der Waals surface area contributed by atoms with Crippen molar-refractivity contribution < 1.29 is 0 Å².